The summed E-state index contributed by atoms with van der Waals surface area (Å²) in [4.78, 5) is 4.29. The summed E-state index contributed by atoms with van der Waals surface area (Å²) in [5, 5.41) is 0. The Morgan fingerprint density at radius 2 is 1.26 bits per heavy atom. The number of allylic oxidation sites excluding steroid dienone is 5. The maximum absolute atomic E-state index is 4.29. The fourth-order valence-electron chi connectivity index (χ4n) is 3.12. The summed E-state index contributed by atoms with van der Waals surface area (Å²) in [5.74, 6) is 2.72. The first kappa shape index (κ1) is 21.9. The number of hydrogen-bond donors (Lipinski definition) is 0. The molecule has 0 saturated heterocycles. The molecule has 23 heavy (non-hydrogen) atoms. The fraction of sp³-hybridized carbons (Fsp3) is 0.682. The molecule has 2 aliphatic rings. The van der Waals surface area contributed by atoms with Gasteiger partial charge in [-0.05, 0) is 46.8 Å². The van der Waals surface area contributed by atoms with E-state index < -0.39 is 0 Å². The minimum Gasteiger partial charge on any atom is -0.288 e. The molecule has 1 heteroatoms. The van der Waals surface area contributed by atoms with Gasteiger partial charge in [-0.15, -0.1) is 0 Å². The molecule has 0 fully saturated rings. The summed E-state index contributed by atoms with van der Waals surface area (Å²) in [5.41, 5.74) is 6.19. The van der Waals surface area contributed by atoms with Gasteiger partial charge < -0.3 is 0 Å². The van der Waals surface area contributed by atoms with Crippen LogP contribution in [0.4, 0.5) is 0 Å². The van der Waals surface area contributed by atoms with E-state index in [2.05, 4.69) is 72.5 Å². The van der Waals surface area contributed by atoms with Gasteiger partial charge in [0.15, 0.2) is 0 Å². The highest BCUT2D eigenvalue weighted by molar-refractivity contribution is 5.83. The first-order valence-corrected chi connectivity index (χ1v) is 8.87. The van der Waals surface area contributed by atoms with Gasteiger partial charge in [0.05, 0.1) is 6.54 Å². The molecule has 0 saturated carbocycles. The van der Waals surface area contributed by atoms with Gasteiger partial charge in [0.1, 0.15) is 0 Å². The van der Waals surface area contributed by atoms with E-state index in [1.807, 2.05) is 6.21 Å². The predicted molar refractivity (Wildman–Crippen MR) is 107 cm³/mol. The van der Waals surface area contributed by atoms with Crippen LogP contribution >= 0.6 is 0 Å². The van der Waals surface area contributed by atoms with Gasteiger partial charge in [-0.25, -0.2) is 0 Å². The van der Waals surface area contributed by atoms with Gasteiger partial charge in [-0.3, -0.25) is 4.99 Å². The van der Waals surface area contributed by atoms with Crippen LogP contribution in [-0.4, -0.2) is 12.8 Å². The Balaban J connectivity index is 0.000000403. The van der Waals surface area contributed by atoms with Crippen LogP contribution in [0.3, 0.4) is 0 Å². The Bertz CT molecular complexity index is 436. The Kier molecular flexibility index (Phi) is 9.42. The Morgan fingerprint density at radius 1 is 0.739 bits per heavy atom. The van der Waals surface area contributed by atoms with E-state index in [0.29, 0.717) is 17.8 Å². The molecule has 0 amide bonds. The second-order valence-electron chi connectivity index (χ2n) is 7.66. The average Bonchev–Trinajstić information content (AvgIpc) is 3.08. The number of rotatable bonds is 4. The lowest BCUT2D eigenvalue weighted by atomic mass is 9.93. The summed E-state index contributed by atoms with van der Waals surface area (Å²) < 4.78 is 0. The van der Waals surface area contributed by atoms with Crippen LogP contribution < -0.4 is 0 Å². The van der Waals surface area contributed by atoms with E-state index in [0.717, 1.165) is 12.5 Å². The molecule has 0 N–H and O–H groups in total. The van der Waals surface area contributed by atoms with Crippen molar-refractivity contribution in [2.24, 2.45) is 28.7 Å². The molecular formula is C22H39N. The van der Waals surface area contributed by atoms with Crippen LogP contribution in [0.5, 0.6) is 0 Å². The molecule has 0 spiro atoms. The lowest BCUT2D eigenvalue weighted by Crippen LogP contribution is -2.03. The molecule has 1 heterocycles. The quantitative estimate of drug-likeness (QED) is 0.536. The summed E-state index contributed by atoms with van der Waals surface area (Å²) in [6.45, 7) is 19.0. The van der Waals surface area contributed by atoms with Crippen molar-refractivity contribution in [3.63, 3.8) is 0 Å². The zero-order valence-electron chi connectivity index (χ0n) is 15.9. The molecule has 0 aromatic rings. The van der Waals surface area contributed by atoms with E-state index in [-0.39, 0.29) is 7.43 Å². The van der Waals surface area contributed by atoms with Crippen molar-refractivity contribution in [2.45, 2.75) is 69.2 Å². The van der Waals surface area contributed by atoms with Crippen molar-refractivity contribution in [1.82, 2.24) is 0 Å². The van der Waals surface area contributed by atoms with E-state index in [1.54, 1.807) is 11.1 Å². The maximum atomic E-state index is 4.29. The third kappa shape index (κ3) is 6.12. The third-order valence-corrected chi connectivity index (χ3v) is 4.51. The van der Waals surface area contributed by atoms with Gasteiger partial charge in [-0.1, -0.05) is 80.5 Å². The first-order valence-electron chi connectivity index (χ1n) is 8.87. The van der Waals surface area contributed by atoms with Crippen molar-refractivity contribution >= 4 is 6.21 Å². The van der Waals surface area contributed by atoms with Crippen molar-refractivity contribution in [1.29, 1.82) is 0 Å². The standard InChI is InChI=1S/C11H18.C10H17N.CH4/c1-8(2)10-6-5-7-11(10)9(3)4;1-7(2)9-5-11-6-10(9)8(3)4;/h5-6,8-9H,7H2,1-4H3;5,7-8H,6H2,1-4H3;1H4. The number of hydrogen-bond acceptors (Lipinski definition) is 1. The average molecular weight is 318 g/mol. The van der Waals surface area contributed by atoms with Crippen LogP contribution in [0.1, 0.15) is 69.2 Å². The molecule has 0 atom stereocenters. The van der Waals surface area contributed by atoms with E-state index in [9.17, 15) is 0 Å². The molecular weight excluding hydrogens is 278 g/mol. The van der Waals surface area contributed by atoms with Gasteiger partial charge in [0.25, 0.3) is 0 Å². The Hall–Kier alpha value is -1.11. The van der Waals surface area contributed by atoms with E-state index >= 15 is 0 Å². The molecule has 2 rings (SSSR count). The van der Waals surface area contributed by atoms with E-state index in [4.69, 9.17) is 0 Å². The largest absolute Gasteiger partial charge is 0.288 e. The molecule has 132 valence electrons. The molecule has 0 bridgehead atoms. The topological polar surface area (TPSA) is 12.4 Å². The highest BCUT2D eigenvalue weighted by Crippen LogP contribution is 2.30. The molecule has 0 unspecified atom stereocenters. The van der Waals surface area contributed by atoms with Crippen LogP contribution in [0, 0.1) is 23.7 Å². The second kappa shape index (κ2) is 9.90. The second-order valence-corrected chi connectivity index (χ2v) is 7.66. The number of nitrogens with zero attached hydrogens (tertiary/aromatic N) is 1. The van der Waals surface area contributed by atoms with Crippen LogP contribution in [0.2, 0.25) is 0 Å². The number of aliphatic imine (C=N–C) groups is 1. The highest BCUT2D eigenvalue weighted by Gasteiger charge is 2.15. The maximum Gasteiger partial charge on any atom is 0.0608 e. The van der Waals surface area contributed by atoms with Crippen LogP contribution in [-0.2, 0) is 0 Å². The molecule has 1 aliphatic heterocycles. The minimum absolute atomic E-state index is 0. The lowest BCUT2D eigenvalue weighted by molar-refractivity contribution is 0.702. The lowest BCUT2D eigenvalue weighted by Gasteiger charge is -2.13. The van der Waals surface area contributed by atoms with Crippen molar-refractivity contribution in [3.8, 4) is 0 Å². The zero-order valence-corrected chi connectivity index (χ0v) is 15.9. The molecule has 0 aromatic heterocycles. The summed E-state index contributed by atoms with van der Waals surface area (Å²) in [6, 6.07) is 0. The van der Waals surface area contributed by atoms with Crippen molar-refractivity contribution in [2.75, 3.05) is 6.54 Å². The third-order valence-electron chi connectivity index (χ3n) is 4.51. The summed E-state index contributed by atoms with van der Waals surface area (Å²) in [6.07, 6.45) is 7.80. The van der Waals surface area contributed by atoms with Crippen LogP contribution in [0.15, 0.2) is 39.4 Å². The molecule has 0 radical (unpaired) electrons. The minimum atomic E-state index is 0. The van der Waals surface area contributed by atoms with Crippen molar-refractivity contribution < 1.29 is 0 Å². The van der Waals surface area contributed by atoms with Crippen LogP contribution in [0.25, 0.3) is 0 Å². The smallest absolute Gasteiger partial charge is 0.0608 e. The SMILES string of the molecule is C.CC(C)C1=C(C(C)C)CC=C1.CC(C)C1=C(C(C)C)CN=C1. The Labute approximate surface area is 145 Å². The van der Waals surface area contributed by atoms with E-state index in [1.165, 1.54) is 17.6 Å². The Morgan fingerprint density at radius 3 is 1.61 bits per heavy atom. The highest BCUT2D eigenvalue weighted by atomic mass is 14.7. The zero-order chi connectivity index (χ0) is 16.9. The van der Waals surface area contributed by atoms with Gasteiger partial charge in [0, 0.05) is 6.21 Å². The fourth-order valence-corrected chi connectivity index (χ4v) is 3.12. The van der Waals surface area contributed by atoms with Gasteiger partial charge in [-0.2, -0.15) is 0 Å². The van der Waals surface area contributed by atoms with Crippen molar-refractivity contribution in [3.05, 3.63) is 34.4 Å². The normalized spacial score (nSPS) is 16.9. The first-order chi connectivity index (χ1) is 10.3. The summed E-state index contributed by atoms with van der Waals surface area (Å²) in [7, 11) is 0. The molecule has 1 aliphatic carbocycles. The van der Waals surface area contributed by atoms with Gasteiger partial charge >= 0.3 is 0 Å². The summed E-state index contributed by atoms with van der Waals surface area (Å²) >= 11 is 0. The molecule has 0 aromatic carbocycles. The monoisotopic (exact) mass is 317 g/mol. The molecule has 1 nitrogen and oxygen atoms in total. The predicted octanol–water partition coefficient (Wildman–Crippen LogP) is 6.87. The van der Waals surface area contributed by atoms with Gasteiger partial charge in [0.2, 0.25) is 0 Å².